The van der Waals surface area contributed by atoms with Crippen LogP contribution in [-0.2, 0) is 42.8 Å². The van der Waals surface area contributed by atoms with E-state index in [-0.39, 0.29) is 18.9 Å². The van der Waals surface area contributed by atoms with E-state index in [4.69, 9.17) is 28.4 Å². The number of carboxylic acid groups (broad SMARTS) is 1. The summed E-state index contributed by atoms with van der Waals surface area (Å²) in [5.41, 5.74) is 0. The molecule has 18 unspecified atom stereocenters. The SMILES string of the molecule is CCCCC/C=C\C=C/CCCCCCCCCCCCC(=O)NC(COC1OC(CO)C(OC2OC(CO)C(O)C(OC3(C(=O)O)CC(O)C(NC(C)=O)C(C(O)C(O)CO)O3)C2O)C(O)C1O)C(O)CCCCCCCCCCCCCCCCCCCCCCCCCC. The fourth-order valence-electron chi connectivity index (χ4n) is 13.4. The zero-order valence-electron chi connectivity index (χ0n) is 59.7. The number of amides is 2. The highest BCUT2D eigenvalue weighted by Gasteiger charge is 2.60. The number of aliphatic carboxylic acids is 1. The summed E-state index contributed by atoms with van der Waals surface area (Å²) in [4.78, 5) is 38.6. The molecule has 3 saturated heterocycles. The summed E-state index contributed by atoms with van der Waals surface area (Å²) in [7, 11) is 0. The second-order valence-electron chi connectivity index (χ2n) is 27.9. The molecule has 0 aromatic heterocycles. The second kappa shape index (κ2) is 53.9. The van der Waals surface area contributed by atoms with E-state index in [1.54, 1.807) is 0 Å². The Labute approximate surface area is 581 Å². The predicted octanol–water partition coefficient (Wildman–Crippen LogP) is 8.79. The lowest BCUT2D eigenvalue weighted by Crippen LogP contribution is -2.70. The number of carbonyl (C=O) groups is 3. The van der Waals surface area contributed by atoms with E-state index in [1.807, 2.05) is 0 Å². The zero-order chi connectivity index (χ0) is 71.1. The molecular formula is C74H136N2O21. The fraction of sp³-hybridized carbons (Fsp3) is 0.905. The van der Waals surface area contributed by atoms with Gasteiger partial charge in [0.25, 0.3) is 5.79 Å². The molecule has 97 heavy (non-hydrogen) atoms. The first-order chi connectivity index (χ1) is 46.9. The molecule has 0 bridgehead atoms. The largest absolute Gasteiger partial charge is 0.477 e. The molecule has 0 radical (unpaired) electrons. The molecule has 18 atom stereocenters. The molecule has 0 aromatic rings. The molecule has 3 fully saturated rings. The van der Waals surface area contributed by atoms with Gasteiger partial charge < -0.3 is 100 Å². The minimum absolute atomic E-state index is 0.220. The zero-order valence-corrected chi connectivity index (χ0v) is 59.7. The Balaban J connectivity index is 1.54. The van der Waals surface area contributed by atoms with E-state index in [9.17, 15) is 75.7 Å². The van der Waals surface area contributed by atoms with Crippen LogP contribution in [0.4, 0.5) is 0 Å². The van der Waals surface area contributed by atoms with Crippen LogP contribution < -0.4 is 10.6 Å². The summed E-state index contributed by atoms with van der Waals surface area (Å²) in [6, 6.07) is -2.53. The van der Waals surface area contributed by atoms with Crippen molar-refractivity contribution in [3.8, 4) is 0 Å². The van der Waals surface area contributed by atoms with Crippen molar-refractivity contribution in [2.24, 2.45) is 0 Å². The van der Waals surface area contributed by atoms with Crippen molar-refractivity contribution in [3.05, 3.63) is 24.3 Å². The van der Waals surface area contributed by atoms with Gasteiger partial charge in [0.05, 0.1) is 50.7 Å². The number of nitrogens with one attached hydrogen (secondary N) is 2. The number of allylic oxidation sites excluding steroid dienone is 4. The topological polar surface area (TPSA) is 373 Å². The van der Waals surface area contributed by atoms with Gasteiger partial charge in [-0.05, 0) is 38.5 Å². The number of rotatable bonds is 59. The van der Waals surface area contributed by atoms with Crippen LogP contribution in [0.25, 0.3) is 0 Å². The molecule has 3 rings (SSSR count). The number of aliphatic hydroxyl groups excluding tert-OH is 11. The van der Waals surface area contributed by atoms with Gasteiger partial charge in [-0.1, -0.05) is 256 Å². The van der Waals surface area contributed by atoms with Crippen molar-refractivity contribution in [3.63, 3.8) is 0 Å². The Morgan fingerprint density at radius 2 is 0.979 bits per heavy atom. The minimum Gasteiger partial charge on any atom is -0.477 e. The quantitative estimate of drug-likeness (QED) is 0.0200. The molecule has 3 aliphatic heterocycles. The van der Waals surface area contributed by atoms with E-state index < -0.39 is 148 Å². The van der Waals surface area contributed by atoms with E-state index in [0.717, 1.165) is 71.1 Å². The fourth-order valence-corrected chi connectivity index (χ4v) is 13.4. The highest BCUT2D eigenvalue weighted by molar-refractivity contribution is 5.77. The molecule has 23 heteroatoms. The van der Waals surface area contributed by atoms with Crippen LogP contribution in [0.3, 0.4) is 0 Å². The van der Waals surface area contributed by atoms with Crippen molar-refractivity contribution in [1.82, 2.24) is 10.6 Å². The molecule has 23 nitrogen and oxygen atoms in total. The smallest absolute Gasteiger partial charge is 0.364 e. The third kappa shape index (κ3) is 35.3. The number of carbonyl (C=O) groups excluding carboxylic acids is 2. The van der Waals surface area contributed by atoms with Crippen LogP contribution in [0.15, 0.2) is 24.3 Å². The number of hydrogen-bond acceptors (Lipinski definition) is 20. The maximum atomic E-state index is 13.5. The number of hydrogen-bond donors (Lipinski definition) is 14. The number of ether oxygens (including phenoxy) is 6. The van der Waals surface area contributed by atoms with Gasteiger partial charge in [0.15, 0.2) is 12.6 Å². The van der Waals surface area contributed by atoms with Gasteiger partial charge in [-0.3, -0.25) is 9.59 Å². The molecular weight excluding hydrogens is 1250 g/mol. The normalized spacial score (nSPS) is 27.5. The van der Waals surface area contributed by atoms with Gasteiger partial charge in [0.1, 0.15) is 67.1 Å². The first-order valence-electron chi connectivity index (χ1n) is 38.2. The molecule has 0 aromatic carbocycles. The van der Waals surface area contributed by atoms with Gasteiger partial charge >= 0.3 is 5.97 Å². The van der Waals surface area contributed by atoms with Gasteiger partial charge in [0, 0.05) is 19.8 Å². The summed E-state index contributed by atoms with van der Waals surface area (Å²) < 4.78 is 34.9. The molecule has 0 aliphatic carbocycles. The number of aliphatic hydroxyl groups is 11. The lowest BCUT2D eigenvalue weighted by molar-refractivity contribution is -0.386. The lowest BCUT2D eigenvalue weighted by Gasteiger charge is -2.50. The third-order valence-electron chi connectivity index (χ3n) is 19.4. The summed E-state index contributed by atoms with van der Waals surface area (Å²) in [6.07, 6.45) is 27.4. The predicted molar refractivity (Wildman–Crippen MR) is 371 cm³/mol. The average molecular weight is 1390 g/mol. The minimum atomic E-state index is -3.08. The summed E-state index contributed by atoms with van der Waals surface area (Å²) in [6.45, 7) is 2.21. The Kier molecular flexibility index (Phi) is 49.2. The van der Waals surface area contributed by atoms with Crippen molar-refractivity contribution in [2.45, 2.75) is 400 Å². The summed E-state index contributed by atoms with van der Waals surface area (Å²) in [5, 5.41) is 136. The van der Waals surface area contributed by atoms with Crippen LogP contribution >= 0.6 is 0 Å². The second-order valence-corrected chi connectivity index (χ2v) is 27.9. The Morgan fingerprint density at radius 1 is 0.536 bits per heavy atom. The van der Waals surface area contributed by atoms with Crippen molar-refractivity contribution in [1.29, 1.82) is 0 Å². The highest BCUT2D eigenvalue weighted by Crippen LogP contribution is 2.39. The monoisotopic (exact) mass is 1390 g/mol. The molecule has 0 saturated carbocycles. The third-order valence-corrected chi connectivity index (χ3v) is 19.4. The van der Waals surface area contributed by atoms with Crippen LogP contribution in [0.2, 0.25) is 0 Å². The lowest BCUT2D eigenvalue weighted by atomic mass is 9.88. The standard InChI is InChI=1S/C74H136N2O21/c1-4-6-8-10-12-14-16-18-20-22-24-25-26-27-28-30-31-33-35-37-39-41-43-45-47-56(81)55(76-61(84)48-46-44-42-40-38-36-34-32-29-23-21-19-17-15-13-11-9-7-5-2)53-92-71-66(88)65(87)68(60(52-79)94-71)95-72-67(89)70(64(86)59(51-78)93-72)97-74(73(90)91)49-57(82)62(75-54(3)80)69(96-74)63(85)58(83)50-77/h13,15,17,19,55-60,62-72,77-79,81-83,85-89H,4-12,14,16,18,20-53H2,1-3H3,(H,75,80)(H,76,84)(H,90,91)/b15-13-,19-17-. The molecule has 3 aliphatic rings. The highest BCUT2D eigenvalue weighted by atomic mass is 16.8. The van der Waals surface area contributed by atoms with Crippen molar-refractivity contribution >= 4 is 17.8 Å². The Hall–Kier alpha value is -2.79. The Morgan fingerprint density at radius 3 is 1.44 bits per heavy atom. The van der Waals surface area contributed by atoms with Crippen LogP contribution in [0.5, 0.6) is 0 Å². The van der Waals surface area contributed by atoms with Crippen LogP contribution in [0.1, 0.15) is 290 Å². The van der Waals surface area contributed by atoms with E-state index in [1.165, 1.54) is 173 Å². The maximum Gasteiger partial charge on any atom is 0.364 e. The van der Waals surface area contributed by atoms with Crippen molar-refractivity contribution < 1.29 is 104 Å². The van der Waals surface area contributed by atoms with E-state index in [0.29, 0.717) is 19.3 Å². The van der Waals surface area contributed by atoms with Gasteiger partial charge in [-0.25, -0.2) is 4.79 Å². The van der Waals surface area contributed by atoms with Gasteiger partial charge in [-0.2, -0.15) is 0 Å². The summed E-state index contributed by atoms with van der Waals surface area (Å²) >= 11 is 0. The maximum absolute atomic E-state index is 13.5. The Bertz CT molecular complexity index is 2040. The van der Waals surface area contributed by atoms with Gasteiger partial charge in [-0.15, -0.1) is 0 Å². The molecule has 568 valence electrons. The van der Waals surface area contributed by atoms with Crippen molar-refractivity contribution in [2.75, 3.05) is 26.4 Å². The van der Waals surface area contributed by atoms with Crippen LogP contribution in [0, 0.1) is 0 Å². The molecule has 0 spiro atoms. The number of unbranched alkanes of at least 4 members (excludes halogenated alkanes) is 36. The van der Waals surface area contributed by atoms with Gasteiger partial charge in [0.2, 0.25) is 11.8 Å². The first-order valence-corrected chi connectivity index (χ1v) is 38.2. The first kappa shape index (κ1) is 88.4. The van der Waals surface area contributed by atoms with E-state index in [2.05, 4.69) is 48.8 Å². The molecule has 3 heterocycles. The number of carboxylic acids is 1. The van der Waals surface area contributed by atoms with Crippen LogP contribution in [-0.4, -0.2) is 215 Å². The average Bonchev–Trinajstić information content (AvgIpc) is 0.760. The molecule has 14 N–H and O–H groups in total. The molecule has 2 amide bonds. The summed E-state index contributed by atoms with van der Waals surface area (Å²) in [5.74, 6) is -6.10. The van der Waals surface area contributed by atoms with E-state index >= 15 is 0 Å².